The number of hydrogen-bond donors (Lipinski definition) is 2. The van der Waals surface area contributed by atoms with E-state index in [0.29, 0.717) is 56.1 Å². The maximum atomic E-state index is 12.9. The molecule has 2 aliphatic carbocycles. The minimum atomic E-state index is -0.476. The fraction of sp³-hybridized carbons (Fsp3) is 0.583. The van der Waals surface area contributed by atoms with Crippen LogP contribution in [0.5, 0.6) is 0 Å². The van der Waals surface area contributed by atoms with Crippen molar-refractivity contribution in [3.8, 4) is 0 Å². The molecule has 0 spiro atoms. The lowest BCUT2D eigenvalue weighted by Crippen LogP contribution is -2.51. The molecular formula is C24H30N6O3. The highest BCUT2D eigenvalue weighted by Gasteiger charge is 2.58. The number of carbonyl (C=O) groups excluding carboxylic acids is 3. The predicted molar refractivity (Wildman–Crippen MR) is 121 cm³/mol. The number of nitrogens with zero attached hydrogens (tertiary/aromatic N) is 4. The summed E-state index contributed by atoms with van der Waals surface area (Å²) in [4.78, 5) is 51.4. The molecule has 174 valence electrons. The molecule has 0 atom stereocenters. The van der Waals surface area contributed by atoms with Gasteiger partial charge in [0.2, 0.25) is 11.8 Å². The first-order chi connectivity index (χ1) is 15.9. The number of benzene rings is 1. The molecule has 4 heterocycles. The highest BCUT2D eigenvalue weighted by atomic mass is 16.2. The van der Waals surface area contributed by atoms with Gasteiger partial charge in [0, 0.05) is 51.6 Å². The van der Waals surface area contributed by atoms with Gasteiger partial charge in [0.05, 0.1) is 16.6 Å². The molecule has 2 saturated carbocycles. The van der Waals surface area contributed by atoms with E-state index in [1.54, 1.807) is 6.07 Å². The molecule has 2 aromatic rings. The number of primary amides is 1. The summed E-state index contributed by atoms with van der Waals surface area (Å²) in [7, 11) is 0. The Bertz CT molecular complexity index is 1120. The number of rotatable bonds is 6. The van der Waals surface area contributed by atoms with Gasteiger partial charge in [-0.25, -0.2) is 4.98 Å². The average Bonchev–Trinajstić information content (AvgIpc) is 3.30. The third kappa shape index (κ3) is 3.40. The fourth-order valence-electron chi connectivity index (χ4n) is 6.02. The van der Waals surface area contributed by atoms with Crippen molar-refractivity contribution >= 4 is 28.8 Å². The maximum absolute atomic E-state index is 12.9. The van der Waals surface area contributed by atoms with Crippen LogP contribution in [-0.4, -0.2) is 81.7 Å². The number of H-pyrrole nitrogens is 1. The molecule has 1 aromatic carbocycles. The van der Waals surface area contributed by atoms with E-state index in [1.807, 2.05) is 21.9 Å². The second-order valence-corrected chi connectivity index (χ2v) is 10.1. The summed E-state index contributed by atoms with van der Waals surface area (Å²) in [6.07, 6.45) is 4.55. The Morgan fingerprint density at radius 1 is 1.09 bits per heavy atom. The smallest absolute Gasteiger partial charge is 0.250 e. The molecule has 5 fully saturated rings. The number of nitrogens with one attached hydrogen (secondary N) is 1. The highest BCUT2D eigenvalue weighted by molar-refractivity contribution is 6.04. The lowest BCUT2D eigenvalue weighted by molar-refractivity contribution is -0.140. The maximum Gasteiger partial charge on any atom is 0.250 e. The number of amides is 3. The zero-order valence-electron chi connectivity index (χ0n) is 18.8. The molecular weight excluding hydrogens is 420 g/mol. The number of piperazine rings is 1. The van der Waals surface area contributed by atoms with Gasteiger partial charge in [-0.1, -0.05) is 6.07 Å². The summed E-state index contributed by atoms with van der Waals surface area (Å²) < 4.78 is 0. The number of nitrogens with two attached hydrogens (primary N) is 1. The zero-order valence-corrected chi connectivity index (χ0v) is 18.8. The van der Waals surface area contributed by atoms with E-state index in [0.717, 1.165) is 43.6 Å². The van der Waals surface area contributed by atoms with E-state index in [-0.39, 0.29) is 23.3 Å². The van der Waals surface area contributed by atoms with Crippen LogP contribution in [0.1, 0.15) is 48.3 Å². The monoisotopic (exact) mass is 450 g/mol. The largest absolute Gasteiger partial charge is 0.366 e. The van der Waals surface area contributed by atoms with Crippen molar-refractivity contribution in [1.82, 2.24) is 24.7 Å². The molecule has 9 heteroatoms. The Labute approximate surface area is 192 Å². The van der Waals surface area contributed by atoms with Crippen molar-refractivity contribution in [2.45, 2.75) is 37.6 Å². The van der Waals surface area contributed by atoms with Gasteiger partial charge in [-0.3, -0.25) is 19.3 Å². The second kappa shape index (κ2) is 7.55. The van der Waals surface area contributed by atoms with E-state index in [2.05, 4.69) is 9.88 Å². The van der Waals surface area contributed by atoms with Gasteiger partial charge in [-0.05, 0) is 43.7 Å². The first-order valence-corrected chi connectivity index (χ1v) is 12.1. The molecule has 3 saturated heterocycles. The van der Waals surface area contributed by atoms with Crippen molar-refractivity contribution in [2.75, 3.05) is 39.3 Å². The molecule has 7 rings (SSSR count). The molecule has 0 unspecified atom stereocenters. The number of imidazole rings is 1. The van der Waals surface area contributed by atoms with Crippen LogP contribution in [0.15, 0.2) is 18.2 Å². The second-order valence-electron chi connectivity index (χ2n) is 10.1. The summed E-state index contributed by atoms with van der Waals surface area (Å²) >= 11 is 0. The van der Waals surface area contributed by atoms with E-state index >= 15 is 0 Å². The van der Waals surface area contributed by atoms with Gasteiger partial charge in [0.15, 0.2) is 0 Å². The molecule has 9 nitrogen and oxygen atoms in total. The van der Waals surface area contributed by atoms with Crippen LogP contribution in [0.2, 0.25) is 0 Å². The van der Waals surface area contributed by atoms with E-state index in [4.69, 9.17) is 10.7 Å². The van der Waals surface area contributed by atoms with Crippen molar-refractivity contribution < 1.29 is 14.4 Å². The lowest BCUT2D eigenvalue weighted by Gasteiger charge is -2.41. The summed E-state index contributed by atoms with van der Waals surface area (Å²) in [6, 6.07) is 5.44. The van der Waals surface area contributed by atoms with Gasteiger partial charge < -0.3 is 20.5 Å². The van der Waals surface area contributed by atoms with Gasteiger partial charge in [-0.2, -0.15) is 0 Å². The third-order valence-corrected chi connectivity index (χ3v) is 8.02. The standard InChI is InChI=1S/C24H30N6O3/c25-21(32)17-2-1-3-18-20(17)27-23(26-18)24-12-15(13-24)14-30(24)7-6-19(31)28-8-10-29(11-9-28)22(33)16-4-5-16/h1-3,15-16H,4-14H2,(H2,25,32)(H,26,27). The highest BCUT2D eigenvalue weighted by Crippen LogP contribution is 2.56. The third-order valence-electron chi connectivity index (χ3n) is 8.02. The van der Waals surface area contributed by atoms with Crippen LogP contribution >= 0.6 is 0 Å². The summed E-state index contributed by atoms with van der Waals surface area (Å²) in [6.45, 7) is 4.22. The van der Waals surface area contributed by atoms with Gasteiger partial charge in [0.25, 0.3) is 5.91 Å². The minimum Gasteiger partial charge on any atom is -0.366 e. The van der Waals surface area contributed by atoms with Crippen LogP contribution in [-0.2, 0) is 15.1 Å². The van der Waals surface area contributed by atoms with Crippen LogP contribution in [0.4, 0.5) is 0 Å². The predicted octanol–water partition coefficient (Wildman–Crippen LogP) is 1.05. The molecule has 2 bridgehead atoms. The Morgan fingerprint density at radius 3 is 2.52 bits per heavy atom. The Balaban J connectivity index is 1.11. The van der Waals surface area contributed by atoms with Crippen LogP contribution in [0, 0.1) is 11.8 Å². The summed E-state index contributed by atoms with van der Waals surface area (Å²) in [5, 5.41) is 0. The summed E-state index contributed by atoms with van der Waals surface area (Å²) in [5.41, 5.74) is 7.23. The fourth-order valence-corrected chi connectivity index (χ4v) is 6.02. The molecule has 0 radical (unpaired) electrons. The molecule has 3 N–H and O–H groups in total. The SMILES string of the molecule is NC(=O)c1cccc2[nH]c(C34CC(CN3CCC(=O)N3CCN(C(=O)C5CC5)CC3)C4)nc12. The first-order valence-electron chi connectivity index (χ1n) is 12.1. The quantitative estimate of drug-likeness (QED) is 0.683. The number of fused-ring (bicyclic) bond motifs is 2. The van der Waals surface area contributed by atoms with Crippen molar-refractivity contribution in [1.29, 1.82) is 0 Å². The molecule has 1 aromatic heterocycles. The molecule has 33 heavy (non-hydrogen) atoms. The Kier molecular flexibility index (Phi) is 4.72. The summed E-state index contributed by atoms with van der Waals surface area (Å²) in [5.74, 6) is 1.69. The average molecular weight is 451 g/mol. The van der Waals surface area contributed by atoms with Gasteiger partial charge >= 0.3 is 0 Å². The molecule has 5 aliphatic rings. The topological polar surface area (TPSA) is 116 Å². The number of hydrogen-bond acceptors (Lipinski definition) is 5. The van der Waals surface area contributed by atoms with E-state index in [1.165, 1.54) is 0 Å². The molecule has 3 aliphatic heterocycles. The number of aromatic amines is 1. The van der Waals surface area contributed by atoms with Crippen LogP contribution in [0.25, 0.3) is 11.0 Å². The van der Waals surface area contributed by atoms with Gasteiger partial charge in [-0.15, -0.1) is 0 Å². The van der Waals surface area contributed by atoms with Crippen molar-refractivity contribution in [3.05, 3.63) is 29.6 Å². The van der Waals surface area contributed by atoms with E-state index in [9.17, 15) is 14.4 Å². The molecule has 3 amide bonds. The Hall–Kier alpha value is -2.94. The van der Waals surface area contributed by atoms with Crippen molar-refractivity contribution in [2.24, 2.45) is 17.6 Å². The number of carbonyl (C=O) groups is 3. The normalized spacial score (nSPS) is 27.1. The van der Waals surface area contributed by atoms with Crippen molar-refractivity contribution in [3.63, 3.8) is 0 Å². The number of para-hydroxylation sites is 1. The van der Waals surface area contributed by atoms with Gasteiger partial charge in [0.1, 0.15) is 11.3 Å². The minimum absolute atomic E-state index is 0.161. The van der Waals surface area contributed by atoms with Crippen LogP contribution in [0.3, 0.4) is 0 Å². The first kappa shape index (κ1) is 20.7. The van der Waals surface area contributed by atoms with Crippen LogP contribution < -0.4 is 5.73 Å². The lowest BCUT2D eigenvalue weighted by atomic mass is 9.72. The van der Waals surface area contributed by atoms with E-state index < -0.39 is 5.91 Å². The number of aromatic nitrogens is 2. The zero-order chi connectivity index (χ0) is 22.7. The Morgan fingerprint density at radius 2 is 1.82 bits per heavy atom.